The zero-order valence-electron chi connectivity index (χ0n) is 19.5. The van der Waals surface area contributed by atoms with Gasteiger partial charge in [-0.3, -0.25) is 4.90 Å². The van der Waals surface area contributed by atoms with Crippen molar-refractivity contribution in [3.8, 4) is 23.0 Å². The van der Waals surface area contributed by atoms with E-state index in [4.69, 9.17) is 14.2 Å². The van der Waals surface area contributed by atoms with Gasteiger partial charge in [0.2, 0.25) is 0 Å². The van der Waals surface area contributed by atoms with Crippen LogP contribution in [0, 0.1) is 0 Å². The third-order valence-electron chi connectivity index (χ3n) is 5.43. The summed E-state index contributed by atoms with van der Waals surface area (Å²) in [6.07, 6.45) is 3.08. The van der Waals surface area contributed by atoms with Crippen molar-refractivity contribution in [1.82, 2.24) is 4.90 Å². The Bertz CT molecular complexity index is 834. The molecule has 2 aliphatic rings. The smallest absolute Gasteiger partial charge is 0.165 e. The highest BCUT2D eigenvalue weighted by Crippen LogP contribution is 2.45. The van der Waals surface area contributed by atoms with Crippen molar-refractivity contribution in [2.24, 2.45) is 0 Å². The summed E-state index contributed by atoms with van der Waals surface area (Å²) in [5, 5.41) is 10.1. The zero-order valence-corrected chi connectivity index (χ0v) is 19.5. The minimum absolute atomic E-state index is 0.220. The second-order valence-electron chi connectivity index (χ2n) is 7.31. The van der Waals surface area contributed by atoms with Crippen LogP contribution >= 0.6 is 0 Å². The van der Waals surface area contributed by atoms with Crippen LogP contribution in [-0.2, 0) is 19.4 Å². The number of phenolic OH excluding ortho intramolecular Hbond substituents is 1. The molecule has 5 nitrogen and oxygen atoms in total. The van der Waals surface area contributed by atoms with Crippen molar-refractivity contribution in [1.29, 1.82) is 0 Å². The first-order chi connectivity index (χ1) is 14.6. The Hall–Kier alpha value is -2.40. The molecule has 2 aromatic carbocycles. The van der Waals surface area contributed by atoms with Gasteiger partial charge in [-0.05, 0) is 47.7 Å². The van der Waals surface area contributed by atoms with Crippen molar-refractivity contribution < 1.29 is 19.3 Å². The molecule has 166 valence electrons. The van der Waals surface area contributed by atoms with Gasteiger partial charge in [0.25, 0.3) is 0 Å². The van der Waals surface area contributed by atoms with Gasteiger partial charge in [0.05, 0.1) is 21.3 Å². The number of rotatable bonds is 3. The molecule has 30 heavy (non-hydrogen) atoms. The Morgan fingerprint density at radius 3 is 2.23 bits per heavy atom. The molecular weight excluding hydrogens is 378 g/mol. The van der Waals surface area contributed by atoms with Gasteiger partial charge in [0.15, 0.2) is 23.0 Å². The summed E-state index contributed by atoms with van der Waals surface area (Å²) in [7, 11) is 4.96. The van der Waals surface area contributed by atoms with Gasteiger partial charge < -0.3 is 19.3 Å². The summed E-state index contributed by atoms with van der Waals surface area (Å²) in [5.41, 5.74) is 4.97. The third-order valence-corrected chi connectivity index (χ3v) is 5.43. The predicted molar refractivity (Wildman–Crippen MR) is 122 cm³/mol. The summed E-state index contributed by atoms with van der Waals surface area (Å²) >= 11 is 0. The van der Waals surface area contributed by atoms with Crippen molar-refractivity contribution in [3.63, 3.8) is 0 Å². The first kappa shape index (κ1) is 23.9. The first-order valence-electron chi connectivity index (χ1n) is 10.9. The van der Waals surface area contributed by atoms with Crippen molar-refractivity contribution in [3.05, 3.63) is 46.5 Å². The van der Waals surface area contributed by atoms with E-state index in [0.29, 0.717) is 11.8 Å². The van der Waals surface area contributed by atoms with Gasteiger partial charge in [0.1, 0.15) is 0 Å². The molecule has 0 aliphatic carbocycles. The fourth-order valence-electron chi connectivity index (χ4n) is 4.17. The molecule has 0 radical (unpaired) electrons. The van der Waals surface area contributed by atoms with Crippen LogP contribution in [0.15, 0.2) is 24.3 Å². The van der Waals surface area contributed by atoms with Gasteiger partial charge in [-0.15, -0.1) is 0 Å². The Morgan fingerprint density at radius 1 is 0.967 bits per heavy atom. The summed E-state index contributed by atoms with van der Waals surface area (Å²) < 4.78 is 16.4. The van der Waals surface area contributed by atoms with E-state index in [1.54, 1.807) is 21.3 Å². The number of hydrogen-bond acceptors (Lipinski definition) is 5. The van der Waals surface area contributed by atoms with Crippen LogP contribution in [0.1, 0.15) is 62.4 Å². The van der Waals surface area contributed by atoms with E-state index in [0.717, 1.165) is 37.4 Å². The highest BCUT2D eigenvalue weighted by atomic mass is 16.5. The lowest BCUT2D eigenvalue weighted by atomic mass is 9.83. The number of ether oxygens (including phenoxy) is 3. The van der Waals surface area contributed by atoms with E-state index in [-0.39, 0.29) is 5.75 Å². The van der Waals surface area contributed by atoms with Gasteiger partial charge in [-0.2, -0.15) is 0 Å². The van der Waals surface area contributed by atoms with Crippen LogP contribution in [0.4, 0.5) is 0 Å². The Balaban J connectivity index is 0.000000590. The highest BCUT2D eigenvalue weighted by Gasteiger charge is 2.34. The maximum Gasteiger partial charge on any atom is 0.165 e. The Kier molecular flexibility index (Phi) is 8.85. The molecule has 4 rings (SSSR count). The van der Waals surface area contributed by atoms with Crippen molar-refractivity contribution >= 4 is 0 Å². The second-order valence-corrected chi connectivity index (χ2v) is 7.31. The van der Waals surface area contributed by atoms with Gasteiger partial charge in [-0.25, -0.2) is 0 Å². The molecule has 0 fully saturated rings. The van der Waals surface area contributed by atoms with Gasteiger partial charge in [-0.1, -0.05) is 40.2 Å². The molecule has 0 saturated carbocycles. The number of benzene rings is 2. The summed E-state index contributed by atoms with van der Waals surface area (Å²) in [6.45, 7) is 10.0. The minimum atomic E-state index is 0.220. The largest absolute Gasteiger partial charge is 0.504 e. The van der Waals surface area contributed by atoms with E-state index in [1.165, 1.54) is 28.7 Å². The molecule has 0 spiro atoms. The zero-order chi connectivity index (χ0) is 22.3. The Morgan fingerprint density at radius 2 is 1.63 bits per heavy atom. The standard InChI is InChI=1S/C20H23NO4.C3H8.C2H6/c1-23-18-5-4-12-8-16-14-10-19(24-2)17(22)9-13(14)6-7-21(16)11-15(12)20(18)25-3;1-3-2;1-2/h4-5,9-10,16,22H,6-8,11H2,1-3H3;3H2,1-2H3;1-2H3. The maximum atomic E-state index is 10.1. The number of phenols is 1. The van der Waals surface area contributed by atoms with E-state index in [9.17, 15) is 5.11 Å². The first-order valence-corrected chi connectivity index (χ1v) is 10.9. The van der Waals surface area contributed by atoms with E-state index >= 15 is 0 Å². The molecule has 1 atom stereocenters. The number of aromatic hydroxyl groups is 1. The molecule has 1 unspecified atom stereocenters. The van der Waals surface area contributed by atoms with Crippen LogP contribution in [0.3, 0.4) is 0 Å². The molecule has 0 saturated heterocycles. The van der Waals surface area contributed by atoms with E-state index in [2.05, 4.69) is 24.8 Å². The normalized spacial score (nSPS) is 16.4. The SMILES string of the molecule is CC.CCC.COc1cc2c(cc1O)CCN1Cc3c(ccc(OC)c3OC)CC21. The summed E-state index contributed by atoms with van der Waals surface area (Å²) in [6, 6.07) is 8.26. The average Bonchev–Trinajstić information content (AvgIpc) is 2.78. The molecule has 1 N–H and O–H groups in total. The topological polar surface area (TPSA) is 51.2 Å². The van der Waals surface area contributed by atoms with Crippen LogP contribution in [0.25, 0.3) is 0 Å². The lowest BCUT2D eigenvalue weighted by molar-refractivity contribution is 0.157. The summed E-state index contributed by atoms with van der Waals surface area (Å²) in [5.74, 6) is 2.38. The fraction of sp³-hybridized carbons (Fsp3) is 0.520. The molecule has 2 aliphatic heterocycles. The number of hydrogen-bond donors (Lipinski definition) is 1. The van der Waals surface area contributed by atoms with Gasteiger partial charge in [0, 0.05) is 24.7 Å². The van der Waals surface area contributed by atoms with E-state index in [1.807, 2.05) is 32.0 Å². The average molecular weight is 416 g/mol. The van der Waals surface area contributed by atoms with Crippen LogP contribution in [0.2, 0.25) is 0 Å². The number of methoxy groups -OCH3 is 3. The van der Waals surface area contributed by atoms with Crippen LogP contribution in [-0.4, -0.2) is 37.9 Å². The van der Waals surface area contributed by atoms with E-state index < -0.39 is 0 Å². The van der Waals surface area contributed by atoms with Crippen LogP contribution in [0.5, 0.6) is 23.0 Å². The maximum absolute atomic E-state index is 10.1. The fourth-order valence-corrected chi connectivity index (χ4v) is 4.17. The lowest BCUT2D eigenvalue weighted by Gasteiger charge is -2.42. The molecule has 2 heterocycles. The quantitative estimate of drug-likeness (QED) is 0.716. The monoisotopic (exact) mass is 415 g/mol. The van der Waals surface area contributed by atoms with Crippen molar-refractivity contribution in [2.45, 2.75) is 59.5 Å². The second kappa shape index (κ2) is 11.1. The molecule has 5 heteroatoms. The van der Waals surface area contributed by atoms with Crippen LogP contribution < -0.4 is 14.2 Å². The minimum Gasteiger partial charge on any atom is -0.504 e. The molecule has 0 aromatic heterocycles. The Labute approximate surface area is 181 Å². The molecular formula is C25H37NO4. The number of nitrogens with zero attached hydrogens (tertiary/aromatic N) is 1. The molecule has 0 amide bonds. The molecule has 2 aromatic rings. The summed E-state index contributed by atoms with van der Waals surface area (Å²) in [4.78, 5) is 2.48. The number of fused-ring (bicyclic) bond motifs is 4. The predicted octanol–water partition coefficient (Wildman–Crippen LogP) is 5.52. The van der Waals surface area contributed by atoms with Crippen molar-refractivity contribution in [2.75, 3.05) is 27.9 Å². The molecule has 0 bridgehead atoms. The highest BCUT2D eigenvalue weighted by molar-refractivity contribution is 5.54. The third kappa shape index (κ3) is 4.67. The van der Waals surface area contributed by atoms with Gasteiger partial charge >= 0.3 is 0 Å². The lowest BCUT2D eigenvalue weighted by Crippen LogP contribution is -2.39.